The zero-order valence-corrected chi connectivity index (χ0v) is 21.9. The average Bonchev–Trinajstić information content (AvgIpc) is 3.18. The SMILES string of the molecule is C[C@H](CS)C(=O)N1CC(NC(=O)C[C@@H](Cc2cc(F)c(F)cc2F)NC(=O)OC(C)(C)C)C[C@H]1C(=O)O. The highest BCUT2D eigenvalue weighted by Gasteiger charge is 2.41. The Morgan fingerprint density at radius 2 is 1.78 bits per heavy atom. The van der Waals surface area contributed by atoms with Gasteiger partial charge in [-0.3, -0.25) is 9.59 Å². The van der Waals surface area contributed by atoms with Crippen molar-refractivity contribution >= 4 is 36.5 Å². The van der Waals surface area contributed by atoms with E-state index in [9.17, 15) is 37.5 Å². The molecule has 3 N–H and O–H groups in total. The summed E-state index contributed by atoms with van der Waals surface area (Å²) in [6, 6.07) is -1.88. The molecule has 1 aromatic rings. The number of rotatable bonds is 9. The zero-order valence-electron chi connectivity index (χ0n) is 21.0. The summed E-state index contributed by atoms with van der Waals surface area (Å²) in [5.74, 6) is -6.27. The summed E-state index contributed by atoms with van der Waals surface area (Å²) >= 11 is 4.08. The van der Waals surface area contributed by atoms with E-state index in [0.717, 1.165) is 0 Å². The zero-order chi connectivity index (χ0) is 28.1. The van der Waals surface area contributed by atoms with Gasteiger partial charge in [0.25, 0.3) is 0 Å². The maximum atomic E-state index is 14.2. The number of hydrogen-bond donors (Lipinski definition) is 4. The highest BCUT2D eigenvalue weighted by atomic mass is 32.1. The molecule has 0 aliphatic carbocycles. The second-order valence-electron chi connectivity index (χ2n) is 10.0. The number of ether oxygens (including phenoxy) is 1. The maximum absolute atomic E-state index is 14.2. The van der Waals surface area contributed by atoms with Gasteiger partial charge in [-0.15, -0.1) is 0 Å². The third-order valence-corrected chi connectivity index (χ3v) is 6.19. The summed E-state index contributed by atoms with van der Waals surface area (Å²) in [4.78, 5) is 50.6. The van der Waals surface area contributed by atoms with E-state index in [1.54, 1.807) is 27.7 Å². The number of carboxylic acid groups (broad SMARTS) is 1. The van der Waals surface area contributed by atoms with E-state index in [0.29, 0.717) is 12.1 Å². The van der Waals surface area contributed by atoms with E-state index in [-0.39, 0.29) is 30.7 Å². The number of carboxylic acids is 1. The van der Waals surface area contributed by atoms with Crippen LogP contribution in [0.3, 0.4) is 0 Å². The maximum Gasteiger partial charge on any atom is 0.407 e. The molecule has 1 unspecified atom stereocenters. The molecular formula is C24H32F3N3O6S. The molecule has 0 radical (unpaired) electrons. The molecule has 0 spiro atoms. The molecule has 1 aromatic carbocycles. The number of aliphatic carboxylic acids is 1. The van der Waals surface area contributed by atoms with E-state index < -0.39 is 77.4 Å². The molecule has 1 saturated heterocycles. The fourth-order valence-corrected chi connectivity index (χ4v) is 4.08. The Morgan fingerprint density at radius 3 is 2.35 bits per heavy atom. The lowest BCUT2D eigenvalue weighted by atomic mass is 10.0. The van der Waals surface area contributed by atoms with Gasteiger partial charge in [0, 0.05) is 49.2 Å². The highest BCUT2D eigenvalue weighted by Crippen LogP contribution is 2.22. The normalized spacial score (nSPS) is 19.2. The van der Waals surface area contributed by atoms with E-state index in [1.807, 2.05) is 0 Å². The first kappa shape index (κ1) is 30.3. The van der Waals surface area contributed by atoms with Crippen molar-refractivity contribution in [2.24, 2.45) is 5.92 Å². The number of benzene rings is 1. The third kappa shape index (κ3) is 8.83. The van der Waals surface area contributed by atoms with Gasteiger partial charge < -0.3 is 25.4 Å². The summed E-state index contributed by atoms with van der Waals surface area (Å²) in [6.07, 6.45) is -1.71. The Kier molecular flexibility index (Phi) is 10.2. The van der Waals surface area contributed by atoms with Gasteiger partial charge in [-0.25, -0.2) is 22.8 Å². The average molecular weight is 548 g/mol. The summed E-state index contributed by atoms with van der Waals surface area (Å²) in [5, 5.41) is 14.6. The van der Waals surface area contributed by atoms with Crippen molar-refractivity contribution in [2.75, 3.05) is 12.3 Å². The topological polar surface area (TPSA) is 125 Å². The smallest absolute Gasteiger partial charge is 0.407 e. The molecule has 0 bridgehead atoms. The number of nitrogens with zero attached hydrogens (tertiary/aromatic N) is 1. The van der Waals surface area contributed by atoms with Crippen LogP contribution in [0.1, 0.15) is 46.1 Å². The molecule has 13 heteroatoms. The predicted octanol–water partition coefficient (Wildman–Crippen LogP) is 2.67. The van der Waals surface area contributed by atoms with Gasteiger partial charge in [0.1, 0.15) is 17.5 Å². The summed E-state index contributed by atoms with van der Waals surface area (Å²) in [6.45, 7) is 6.42. The molecule has 1 aliphatic rings. The summed E-state index contributed by atoms with van der Waals surface area (Å²) < 4.78 is 46.5. The Balaban J connectivity index is 2.15. The van der Waals surface area contributed by atoms with E-state index in [2.05, 4.69) is 23.3 Å². The molecule has 3 amide bonds. The number of likely N-dealkylation sites (tertiary alicyclic amines) is 1. The minimum absolute atomic E-state index is 0.0337. The lowest BCUT2D eigenvalue weighted by molar-refractivity contribution is -0.149. The number of halogens is 3. The molecule has 37 heavy (non-hydrogen) atoms. The first-order valence-electron chi connectivity index (χ1n) is 11.7. The molecule has 206 valence electrons. The van der Waals surface area contributed by atoms with Crippen LogP contribution in [-0.4, -0.2) is 69.9 Å². The van der Waals surface area contributed by atoms with Crippen LogP contribution in [0, 0.1) is 23.4 Å². The van der Waals surface area contributed by atoms with Crippen LogP contribution in [0.2, 0.25) is 0 Å². The standard InChI is InChI=1S/C24H32F3N3O6S/c1-12(11-37)21(32)30-10-15(7-19(30)22(33)34)28-20(31)8-14(29-23(35)36-24(2,3)4)5-13-6-17(26)18(27)9-16(13)25/h6,9,12,14-15,19,37H,5,7-8,10-11H2,1-4H3,(H,28,31)(H,29,35)(H,33,34)/t12-,14-,15?,19+/m1/s1. The molecule has 1 aliphatic heterocycles. The van der Waals surface area contributed by atoms with Crippen LogP contribution in [-0.2, 0) is 25.5 Å². The first-order valence-corrected chi connectivity index (χ1v) is 12.3. The highest BCUT2D eigenvalue weighted by molar-refractivity contribution is 7.80. The van der Waals surface area contributed by atoms with Crippen molar-refractivity contribution in [3.8, 4) is 0 Å². The van der Waals surface area contributed by atoms with Gasteiger partial charge in [-0.05, 0) is 38.8 Å². The van der Waals surface area contributed by atoms with Crippen LogP contribution in [0.15, 0.2) is 12.1 Å². The number of amides is 3. The second kappa shape index (κ2) is 12.5. The number of carbonyl (C=O) groups excluding carboxylic acids is 3. The molecule has 2 rings (SSSR count). The van der Waals surface area contributed by atoms with Gasteiger partial charge in [0.2, 0.25) is 11.8 Å². The number of nitrogens with one attached hydrogen (secondary N) is 2. The molecule has 0 aromatic heterocycles. The first-order chi connectivity index (χ1) is 17.1. The van der Waals surface area contributed by atoms with Gasteiger partial charge >= 0.3 is 12.1 Å². The van der Waals surface area contributed by atoms with Crippen LogP contribution >= 0.6 is 12.6 Å². The van der Waals surface area contributed by atoms with Gasteiger partial charge in [0.05, 0.1) is 0 Å². The fraction of sp³-hybridized carbons (Fsp3) is 0.583. The number of thiol groups is 1. The fourth-order valence-electron chi connectivity index (χ4n) is 3.92. The Labute approximate surface area is 218 Å². The Hall–Kier alpha value is -2.96. The van der Waals surface area contributed by atoms with Crippen molar-refractivity contribution in [1.29, 1.82) is 0 Å². The van der Waals surface area contributed by atoms with Crippen LogP contribution in [0.4, 0.5) is 18.0 Å². The van der Waals surface area contributed by atoms with Crippen LogP contribution < -0.4 is 10.6 Å². The summed E-state index contributed by atoms with van der Waals surface area (Å²) in [5.41, 5.74) is -1.14. The molecule has 9 nitrogen and oxygen atoms in total. The minimum Gasteiger partial charge on any atom is -0.480 e. The van der Waals surface area contributed by atoms with E-state index in [1.165, 1.54) is 4.90 Å². The largest absolute Gasteiger partial charge is 0.480 e. The molecule has 0 saturated carbocycles. The van der Waals surface area contributed by atoms with Gasteiger partial charge in [0.15, 0.2) is 11.6 Å². The monoisotopic (exact) mass is 547 g/mol. The Bertz CT molecular complexity index is 1040. The van der Waals surface area contributed by atoms with Crippen LogP contribution in [0.25, 0.3) is 0 Å². The second-order valence-corrected chi connectivity index (χ2v) is 10.4. The molecule has 1 fully saturated rings. The van der Waals surface area contributed by atoms with Gasteiger partial charge in [-0.1, -0.05) is 6.92 Å². The third-order valence-electron chi connectivity index (χ3n) is 5.64. The summed E-state index contributed by atoms with van der Waals surface area (Å²) in [7, 11) is 0. The van der Waals surface area contributed by atoms with E-state index >= 15 is 0 Å². The van der Waals surface area contributed by atoms with Crippen molar-refractivity contribution in [1.82, 2.24) is 15.5 Å². The number of hydrogen-bond acceptors (Lipinski definition) is 6. The molecular weight excluding hydrogens is 515 g/mol. The lowest BCUT2D eigenvalue weighted by Gasteiger charge is -2.25. The van der Waals surface area contributed by atoms with Crippen LogP contribution in [0.5, 0.6) is 0 Å². The molecule has 1 heterocycles. The quantitative estimate of drug-likeness (QED) is 0.278. The van der Waals surface area contributed by atoms with E-state index in [4.69, 9.17) is 4.74 Å². The van der Waals surface area contributed by atoms with Crippen molar-refractivity contribution < 1.29 is 42.2 Å². The molecule has 4 atom stereocenters. The minimum atomic E-state index is -1.38. The number of carbonyl (C=O) groups is 4. The van der Waals surface area contributed by atoms with Crippen molar-refractivity contribution in [2.45, 2.75) is 70.7 Å². The lowest BCUT2D eigenvalue weighted by Crippen LogP contribution is -2.46. The Morgan fingerprint density at radius 1 is 1.16 bits per heavy atom. The number of alkyl carbamates (subject to hydrolysis) is 1. The predicted molar refractivity (Wildman–Crippen MR) is 130 cm³/mol. The van der Waals surface area contributed by atoms with Gasteiger partial charge in [-0.2, -0.15) is 12.6 Å². The van der Waals surface area contributed by atoms with Crippen molar-refractivity contribution in [3.63, 3.8) is 0 Å². The van der Waals surface area contributed by atoms with Crippen molar-refractivity contribution in [3.05, 3.63) is 35.1 Å².